The molecule has 2 N–H and O–H groups in total. The molecule has 0 saturated carbocycles. The molecule has 6 heteroatoms. The van der Waals surface area contributed by atoms with Gasteiger partial charge in [-0.1, -0.05) is 12.1 Å². The highest BCUT2D eigenvalue weighted by Crippen LogP contribution is 2.12. The molecule has 3 rings (SSSR count). The van der Waals surface area contributed by atoms with Crippen molar-refractivity contribution >= 4 is 22.6 Å². The summed E-state index contributed by atoms with van der Waals surface area (Å²) in [5.41, 5.74) is 1.96. The third-order valence-corrected chi connectivity index (χ3v) is 2.45. The Morgan fingerprint density at radius 1 is 1.12 bits per heavy atom. The van der Waals surface area contributed by atoms with Gasteiger partial charge in [0.2, 0.25) is 5.28 Å². The largest absolute Gasteiger partial charge is 0.342 e. The standard InChI is InChI=1S/C10H8ClN5/c11-10-14-9(15-16-10)5-8-12-6-3-1-2-4-7(6)13-8/h1-4H,5H2,(H,12,13)(H,14,15,16). The fraction of sp³-hybridized carbons (Fsp3) is 0.100. The zero-order chi connectivity index (χ0) is 11.0. The van der Waals surface area contributed by atoms with Gasteiger partial charge in [-0.15, -0.1) is 5.10 Å². The lowest BCUT2D eigenvalue weighted by Gasteiger charge is -1.89. The molecule has 0 bridgehead atoms. The van der Waals surface area contributed by atoms with E-state index < -0.39 is 0 Å². The van der Waals surface area contributed by atoms with Crippen LogP contribution in [0.1, 0.15) is 11.6 Å². The normalized spacial score (nSPS) is 11.1. The number of hydrogen-bond donors (Lipinski definition) is 2. The molecule has 0 aliphatic heterocycles. The predicted octanol–water partition coefficient (Wildman–Crippen LogP) is 1.93. The minimum Gasteiger partial charge on any atom is -0.342 e. The summed E-state index contributed by atoms with van der Waals surface area (Å²) in [6.45, 7) is 0. The second-order valence-electron chi connectivity index (χ2n) is 3.43. The summed E-state index contributed by atoms with van der Waals surface area (Å²) in [5, 5.41) is 6.73. The first kappa shape index (κ1) is 9.35. The van der Waals surface area contributed by atoms with E-state index in [-0.39, 0.29) is 5.28 Å². The molecular weight excluding hydrogens is 226 g/mol. The molecule has 0 saturated heterocycles. The SMILES string of the molecule is Clc1n[nH]c(Cc2nc3ccccc3[nH]2)n1. The lowest BCUT2D eigenvalue weighted by atomic mass is 10.3. The van der Waals surface area contributed by atoms with E-state index in [2.05, 4.69) is 25.1 Å². The molecule has 0 aliphatic carbocycles. The van der Waals surface area contributed by atoms with E-state index in [1.165, 1.54) is 0 Å². The van der Waals surface area contributed by atoms with Crippen LogP contribution in [-0.2, 0) is 6.42 Å². The van der Waals surface area contributed by atoms with E-state index in [0.29, 0.717) is 12.2 Å². The van der Waals surface area contributed by atoms with Crippen molar-refractivity contribution in [3.8, 4) is 0 Å². The third-order valence-electron chi connectivity index (χ3n) is 2.28. The van der Waals surface area contributed by atoms with Crippen LogP contribution in [-0.4, -0.2) is 25.1 Å². The Morgan fingerprint density at radius 2 is 2.00 bits per heavy atom. The quantitative estimate of drug-likeness (QED) is 0.711. The van der Waals surface area contributed by atoms with Crippen LogP contribution in [0.15, 0.2) is 24.3 Å². The molecule has 0 fully saturated rings. The minimum atomic E-state index is 0.228. The molecule has 0 aliphatic rings. The summed E-state index contributed by atoms with van der Waals surface area (Å²) in [6.07, 6.45) is 0.564. The Hall–Kier alpha value is -1.88. The van der Waals surface area contributed by atoms with Crippen molar-refractivity contribution in [1.82, 2.24) is 25.1 Å². The van der Waals surface area contributed by atoms with Crippen LogP contribution in [0.25, 0.3) is 11.0 Å². The monoisotopic (exact) mass is 233 g/mol. The number of fused-ring (bicyclic) bond motifs is 1. The van der Waals surface area contributed by atoms with Gasteiger partial charge < -0.3 is 4.98 Å². The molecule has 16 heavy (non-hydrogen) atoms. The van der Waals surface area contributed by atoms with E-state index in [9.17, 15) is 0 Å². The Kier molecular flexibility index (Phi) is 2.11. The number of aromatic amines is 2. The van der Waals surface area contributed by atoms with E-state index in [4.69, 9.17) is 11.6 Å². The highest BCUT2D eigenvalue weighted by Gasteiger charge is 2.06. The maximum Gasteiger partial charge on any atom is 0.242 e. The van der Waals surface area contributed by atoms with Crippen molar-refractivity contribution in [2.45, 2.75) is 6.42 Å². The molecule has 0 radical (unpaired) electrons. The summed E-state index contributed by atoms with van der Waals surface area (Å²) in [7, 11) is 0. The van der Waals surface area contributed by atoms with Gasteiger partial charge in [-0.05, 0) is 23.7 Å². The van der Waals surface area contributed by atoms with Crippen molar-refractivity contribution in [3.63, 3.8) is 0 Å². The molecular formula is C10H8ClN5. The van der Waals surface area contributed by atoms with Gasteiger partial charge in [-0.3, -0.25) is 5.10 Å². The number of nitrogens with one attached hydrogen (secondary N) is 2. The molecule has 2 heterocycles. The zero-order valence-corrected chi connectivity index (χ0v) is 8.99. The Labute approximate surface area is 95.9 Å². The van der Waals surface area contributed by atoms with Gasteiger partial charge in [-0.25, -0.2) is 9.97 Å². The maximum absolute atomic E-state index is 5.62. The maximum atomic E-state index is 5.62. The van der Waals surface area contributed by atoms with E-state index in [1.807, 2.05) is 24.3 Å². The molecule has 5 nitrogen and oxygen atoms in total. The summed E-state index contributed by atoms with van der Waals surface area (Å²) in [4.78, 5) is 11.7. The number of hydrogen-bond acceptors (Lipinski definition) is 3. The zero-order valence-electron chi connectivity index (χ0n) is 8.24. The van der Waals surface area contributed by atoms with Crippen LogP contribution in [0.4, 0.5) is 0 Å². The molecule has 1 aromatic carbocycles. The van der Waals surface area contributed by atoms with Crippen molar-refractivity contribution in [3.05, 3.63) is 41.2 Å². The Balaban J connectivity index is 1.95. The van der Waals surface area contributed by atoms with Crippen LogP contribution in [0.5, 0.6) is 0 Å². The number of aromatic nitrogens is 5. The average Bonchev–Trinajstić information content (AvgIpc) is 2.84. The molecule has 0 unspecified atom stereocenters. The van der Waals surface area contributed by atoms with Gasteiger partial charge in [0.1, 0.15) is 11.6 Å². The molecule has 0 amide bonds. The van der Waals surface area contributed by atoms with Crippen molar-refractivity contribution in [2.75, 3.05) is 0 Å². The number of rotatable bonds is 2. The van der Waals surface area contributed by atoms with Crippen molar-refractivity contribution in [2.24, 2.45) is 0 Å². The number of para-hydroxylation sites is 2. The first-order chi connectivity index (χ1) is 7.81. The van der Waals surface area contributed by atoms with Crippen LogP contribution in [0.2, 0.25) is 5.28 Å². The molecule has 2 aromatic heterocycles. The summed E-state index contributed by atoms with van der Waals surface area (Å²) < 4.78 is 0. The van der Waals surface area contributed by atoms with Crippen molar-refractivity contribution < 1.29 is 0 Å². The smallest absolute Gasteiger partial charge is 0.242 e. The number of halogens is 1. The molecule has 3 aromatic rings. The van der Waals surface area contributed by atoms with Gasteiger partial charge >= 0.3 is 0 Å². The summed E-state index contributed by atoms with van der Waals surface area (Å²) in [6, 6.07) is 7.87. The fourth-order valence-electron chi connectivity index (χ4n) is 1.60. The Morgan fingerprint density at radius 3 is 2.75 bits per heavy atom. The molecule has 0 atom stereocenters. The predicted molar refractivity (Wildman–Crippen MR) is 60.3 cm³/mol. The summed E-state index contributed by atoms with van der Waals surface area (Å²) in [5.74, 6) is 1.54. The highest BCUT2D eigenvalue weighted by atomic mass is 35.5. The van der Waals surface area contributed by atoms with Crippen LogP contribution >= 0.6 is 11.6 Å². The first-order valence-corrected chi connectivity index (χ1v) is 5.19. The summed E-state index contributed by atoms with van der Waals surface area (Å²) >= 11 is 5.62. The van der Waals surface area contributed by atoms with E-state index in [1.54, 1.807) is 0 Å². The second-order valence-corrected chi connectivity index (χ2v) is 3.77. The topological polar surface area (TPSA) is 70.2 Å². The van der Waals surface area contributed by atoms with Crippen LogP contribution in [0.3, 0.4) is 0 Å². The molecule has 0 spiro atoms. The van der Waals surface area contributed by atoms with Gasteiger partial charge in [-0.2, -0.15) is 0 Å². The minimum absolute atomic E-state index is 0.228. The third kappa shape index (κ3) is 1.65. The highest BCUT2D eigenvalue weighted by molar-refractivity contribution is 6.28. The first-order valence-electron chi connectivity index (χ1n) is 4.82. The van der Waals surface area contributed by atoms with Gasteiger partial charge in [0, 0.05) is 0 Å². The number of imidazole rings is 1. The van der Waals surface area contributed by atoms with Gasteiger partial charge in [0.15, 0.2) is 0 Å². The van der Waals surface area contributed by atoms with E-state index in [0.717, 1.165) is 16.9 Å². The lowest BCUT2D eigenvalue weighted by Crippen LogP contribution is -1.92. The van der Waals surface area contributed by atoms with Crippen molar-refractivity contribution in [1.29, 1.82) is 0 Å². The number of benzene rings is 1. The van der Waals surface area contributed by atoms with Crippen LogP contribution < -0.4 is 0 Å². The number of H-pyrrole nitrogens is 2. The van der Waals surface area contributed by atoms with Crippen LogP contribution in [0, 0.1) is 0 Å². The van der Waals surface area contributed by atoms with Gasteiger partial charge in [0.25, 0.3) is 0 Å². The van der Waals surface area contributed by atoms with E-state index >= 15 is 0 Å². The van der Waals surface area contributed by atoms with Gasteiger partial charge in [0.05, 0.1) is 17.5 Å². The average molecular weight is 234 g/mol. The molecule has 80 valence electrons. The fourth-order valence-corrected chi connectivity index (χ4v) is 1.74. The second kappa shape index (κ2) is 3.61. The lowest BCUT2D eigenvalue weighted by molar-refractivity contribution is 0.924. The Bertz CT molecular complexity index is 594. The number of nitrogens with zero attached hydrogens (tertiary/aromatic N) is 3.